The standard InChI is InChI=1S/C37H48O4/c1-4-5-6-7-8-9-10-11-12-13-25-40-36(38)32-19-16-30(17-20-32)14-15-31-18-21-34-28-35(23-22-33(34)27-31)37(39)41-26-24-29(2)3/h14-23,27-29H,4-13,24-26H2,1-3H3. The van der Waals surface area contributed by atoms with E-state index in [1.165, 1.54) is 51.4 Å². The van der Waals surface area contributed by atoms with Gasteiger partial charge in [0.1, 0.15) is 0 Å². The van der Waals surface area contributed by atoms with Crippen LogP contribution in [-0.2, 0) is 9.47 Å². The lowest BCUT2D eigenvalue weighted by molar-refractivity contribution is 0.0482. The first-order valence-corrected chi connectivity index (χ1v) is 15.6. The van der Waals surface area contributed by atoms with E-state index in [0.29, 0.717) is 30.3 Å². The van der Waals surface area contributed by atoms with E-state index in [9.17, 15) is 9.59 Å². The van der Waals surface area contributed by atoms with E-state index in [2.05, 4.69) is 26.8 Å². The molecule has 0 saturated heterocycles. The van der Waals surface area contributed by atoms with Gasteiger partial charge in [0.15, 0.2) is 0 Å². The molecule has 220 valence electrons. The smallest absolute Gasteiger partial charge is 0.338 e. The molecule has 0 aromatic heterocycles. The Morgan fingerprint density at radius 2 is 1.12 bits per heavy atom. The Balaban J connectivity index is 1.40. The summed E-state index contributed by atoms with van der Waals surface area (Å²) in [7, 11) is 0. The third kappa shape index (κ3) is 11.9. The van der Waals surface area contributed by atoms with Gasteiger partial charge in [0.2, 0.25) is 0 Å². The predicted octanol–water partition coefficient (Wildman–Crippen LogP) is 10.3. The molecule has 0 radical (unpaired) electrons. The predicted molar refractivity (Wildman–Crippen MR) is 171 cm³/mol. The van der Waals surface area contributed by atoms with Gasteiger partial charge in [-0.25, -0.2) is 9.59 Å². The largest absolute Gasteiger partial charge is 0.462 e. The first kappa shape index (κ1) is 32.1. The van der Waals surface area contributed by atoms with Crippen LogP contribution in [0.5, 0.6) is 0 Å². The average Bonchev–Trinajstić information content (AvgIpc) is 2.98. The Morgan fingerprint density at radius 3 is 1.80 bits per heavy atom. The van der Waals surface area contributed by atoms with Gasteiger partial charge in [-0.15, -0.1) is 0 Å². The molecule has 0 heterocycles. The fourth-order valence-electron chi connectivity index (χ4n) is 4.73. The Morgan fingerprint density at radius 1 is 0.610 bits per heavy atom. The second-order valence-corrected chi connectivity index (χ2v) is 11.4. The fraction of sp³-hybridized carbons (Fsp3) is 0.459. The number of fused-ring (bicyclic) bond motifs is 1. The molecular formula is C37H48O4. The van der Waals surface area contributed by atoms with Gasteiger partial charge < -0.3 is 9.47 Å². The molecule has 0 aliphatic rings. The summed E-state index contributed by atoms with van der Waals surface area (Å²) in [6.07, 6.45) is 17.6. The quantitative estimate of drug-likeness (QED) is 0.0888. The molecule has 0 aliphatic heterocycles. The minimum absolute atomic E-state index is 0.255. The van der Waals surface area contributed by atoms with E-state index in [4.69, 9.17) is 9.47 Å². The van der Waals surface area contributed by atoms with Gasteiger partial charge in [-0.2, -0.15) is 0 Å². The van der Waals surface area contributed by atoms with Crippen LogP contribution in [0.2, 0.25) is 0 Å². The summed E-state index contributed by atoms with van der Waals surface area (Å²) in [5.74, 6) is -0.0267. The van der Waals surface area contributed by atoms with Gasteiger partial charge in [-0.1, -0.05) is 121 Å². The number of carbonyl (C=O) groups excluding carboxylic acids is 2. The molecule has 0 aliphatic carbocycles. The van der Waals surface area contributed by atoms with E-state index in [1.54, 1.807) is 0 Å². The zero-order chi connectivity index (χ0) is 29.3. The van der Waals surface area contributed by atoms with Crippen LogP contribution in [0.3, 0.4) is 0 Å². The Kier molecular flexibility index (Phi) is 14.2. The van der Waals surface area contributed by atoms with Crippen LogP contribution < -0.4 is 0 Å². The zero-order valence-electron chi connectivity index (χ0n) is 25.3. The lowest BCUT2D eigenvalue weighted by atomic mass is 10.0. The van der Waals surface area contributed by atoms with E-state index in [-0.39, 0.29) is 11.9 Å². The van der Waals surface area contributed by atoms with Crippen molar-refractivity contribution in [3.05, 3.63) is 82.9 Å². The molecule has 0 fully saturated rings. The number of carbonyl (C=O) groups is 2. The number of hydrogen-bond acceptors (Lipinski definition) is 4. The molecule has 0 N–H and O–H groups in total. The first-order valence-electron chi connectivity index (χ1n) is 15.6. The van der Waals surface area contributed by atoms with Crippen molar-refractivity contribution in [2.75, 3.05) is 13.2 Å². The molecule has 4 heteroatoms. The Labute approximate surface area is 247 Å². The third-order valence-corrected chi connectivity index (χ3v) is 7.37. The SMILES string of the molecule is CCCCCCCCCCCCOC(=O)c1ccc(C=Cc2ccc3cc(C(=O)OCCC(C)C)ccc3c2)cc1. The van der Waals surface area contributed by atoms with Crippen LogP contribution in [0.4, 0.5) is 0 Å². The topological polar surface area (TPSA) is 52.6 Å². The number of benzene rings is 3. The lowest BCUT2D eigenvalue weighted by Crippen LogP contribution is -2.08. The van der Waals surface area contributed by atoms with Crippen molar-refractivity contribution >= 4 is 34.9 Å². The van der Waals surface area contributed by atoms with Gasteiger partial charge in [-0.3, -0.25) is 0 Å². The summed E-state index contributed by atoms with van der Waals surface area (Å²) in [5, 5.41) is 2.06. The molecule has 0 amide bonds. The summed E-state index contributed by atoms with van der Waals surface area (Å²) in [6, 6.07) is 19.3. The number of unbranched alkanes of at least 4 members (excludes halogenated alkanes) is 9. The summed E-state index contributed by atoms with van der Waals surface area (Å²) in [5.41, 5.74) is 3.23. The second-order valence-electron chi connectivity index (χ2n) is 11.4. The highest BCUT2D eigenvalue weighted by Gasteiger charge is 2.09. The summed E-state index contributed by atoms with van der Waals surface area (Å²) >= 11 is 0. The summed E-state index contributed by atoms with van der Waals surface area (Å²) in [6.45, 7) is 7.41. The maximum atomic E-state index is 12.4. The van der Waals surface area contributed by atoms with Crippen LogP contribution in [0.1, 0.15) is 123 Å². The van der Waals surface area contributed by atoms with Crippen molar-refractivity contribution in [1.82, 2.24) is 0 Å². The van der Waals surface area contributed by atoms with E-state index in [1.807, 2.05) is 66.7 Å². The molecule has 0 spiro atoms. The van der Waals surface area contributed by atoms with Gasteiger partial charge in [0.25, 0.3) is 0 Å². The molecule has 0 saturated carbocycles. The monoisotopic (exact) mass is 556 g/mol. The van der Waals surface area contributed by atoms with Crippen LogP contribution in [0.15, 0.2) is 60.7 Å². The van der Waals surface area contributed by atoms with Crippen molar-refractivity contribution in [3.63, 3.8) is 0 Å². The molecule has 0 bridgehead atoms. The van der Waals surface area contributed by atoms with Gasteiger partial charge >= 0.3 is 11.9 Å². The first-order chi connectivity index (χ1) is 20.0. The Hall–Kier alpha value is -3.40. The van der Waals surface area contributed by atoms with Gasteiger partial charge in [-0.05, 0) is 71.0 Å². The van der Waals surface area contributed by atoms with Crippen molar-refractivity contribution in [3.8, 4) is 0 Å². The molecule has 3 rings (SSSR count). The molecule has 4 nitrogen and oxygen atoms in total. The summed E-state index contributed by atoms with van der Waals surface area (Å²) in [4.78, 5) is 24.7. The fourth-order valence-corrected chi connectivity index (χ4v) is 4.73. The van der Waals surface area contributed by atoms with Crippen molar-refractivity contribution in [1.29, 1.82) is 0 Å². The number of rotatable bonds is 18. The molecule has 0 atom stereocenters. The van der Waals surface area contributed by atoms with Crippen LogP contribution in [0.25, 0.3) is 22.9 Å². The van der Waals surface area contributed by atoms with Gasteiger partial charge in [0.05, 0.1) is 24.3 Å². The highest BCUT2D eigenvalue weighted by atomic mass is 16.5. The van der Waals surface area contributed by atoms with E-state index in [0.717, 1.165) is 41.2 Å². The number of ether oxygens (including phenoxy) is 2. The average molecular weight is 557 g/mol. The van der Waals surface area contributed by atoms with Crippen LogP contribution in [0, 0.1) is 5.92 Å². The van der Waals surface area contributed by atoms with Gasteiger partial charge in [0, 0.05) is 0 Å². The van der Waals surface area contributed by atoms with E-state index < -0.39 is 0 Å². The van der Waals surface area contributed by atoms with Crippen LogP contribution in [-0.4, -0.2) is 25.2 Å². The number of hydrogen-bond donors (Lipinski definition) is 0. The van der Waals surface area contributed by atoms with Crippen molar-refractivity contribution in [2.24, 2.45) is 5.92 Å². The molecule has 0 unspecified atom stereocenters. The molecule has 3 aromatic rings. The minimum Gasteiger partial charge on any atom is -0.462 e. The third-order valence-electron chi connectivity index (χ3n) is 7.37. The van der Waals surface area contributed by atoms with Crippen molar-refractivity contribution in [2.45, 2.75) is 91.4 Å². The molecule has 3 aromatic carbocycles. The Bertz CT molecular complexity index is 1240. The maximum absolute atomic E-state index is 12.4. The molecule has 41 heavy (non-hydrogen) atoms. The highest BCUT2D eigenvalue weighted by molar-refractivity contribution is 5.96. The zero-order valence-corrected chi connectivity index (χ0v) is 25.3. The minimum atomic E-state index is -0.275. The normalized spacial score (nSPS) is 11.4. The maximum Gasteiger partial charge on any atom is 0.338 e. The highest BCUT2D eigenvalue weighted by Crippen LogP contribution is 2.21. The van der Waals surface area contributed by atoms with Crippen LogP contribution >= 0.6 is 0 Å². The number of esters is 2. The van der Waals surface area contributed by atoms with E-state index >= 15 is 0 Å². The van der Waals surface area contributed by atoms with Crippen molar-refractivity contribution < 1.29 is 19.1 Å². The lowest BCUT2D eigenvalue weighted by Gasteiger charge is -2.08. The molecular weight excluding hydrogens is 508 g/mol. The second kappa shape index (κ2) is 18.1. The summed E-state index contributed by atoms with van der Waals surface area (Å²) < 4.78 is 10.9.